The fraction of sp³-hybridized carbons (Fsp3) is 0.167. The second kappa shape index (κ2) is 10.7. The van der Waals surface area contributed by atoms with Crippen LogP contribution in [0.4, 0.5) is 0 Å². The molecule has 30 heavy (non-hydrogen) atoms. The van der Waals surface area contributed by atoms with Gasteiger partial charge in [-0.2, -0.15) is 5.10 Å². The van der Waals surface area contributed by atoms with Crippen molar-refractivity contribution in [2.45, 2.75) is 13.5 Å². The molecule has 0 radical (unpaired) electrons. The van der Waals surface area contributed by atoms with Crippen molar-refractivity contribution in [2.24, 2.45) is 5.10 Å². The number of ether oxygens (including phenoxy) is 3. The smallest absolute Gasteiger partial charge is 0.271 e. The largest absolute Gasteiger partial charge is 0.497 e. The number of nitrogens with zero attached hydrogens (tertiary/aromatic N) is 1. The lowest BCUT2D eigenvalue weighted by atomic mass is 10.2. The van der Waals surface area contributed by atoms with Crippen molar-refractivity contribution in [3.05, 3.63) is 89.5 Å². The molecule has 0 fully saturated rings. The fourth-order valence-corrected chi connectivity index (χ4v) is 2.71. The lowest BCUT2D eigenvalue weighted by Gasteiger charge is -2.09. The van der Waals surface area contributed by atoms with Crippen LogP contribution in [0, 0.1) is 0 Å². The number of carbonyl (C=O) groups excluding carboxylic acids is 1. The van der Waals surface area contributed by atoms with Gasteiger partial charge in [0.05, 0.1) is 19.9 Å². The van der Waals surface area contributed by atoms with Crippen molar-refractivity contribution in [3.8, 4) is 17.2 Å². The lowest BCUT2D eigenvalue weighted by molar-refractivity contribution is 0.0955. The third-order valence-electron chi connectivity index (χ3n) is 4.25. The zero-order valence-electron chi connectivity index (χ0n) is 17.0. The summed E-state index contributed by atoms with van der Waals surface area (Å²) in [5.41, 5.74) is 4.80. The van der Waals surface area contributed by atoms with Crippen LogP contribution in [0.5, 0.6) is 17.2 Å². The predicted molar refractivity (Wildman–Crippen MR) is 116 cm³/mol. The second-order valence-corrected chi connectivity index (χ2v) is 6.33. The SMILES string of the molecule is CCOc1ccc(OC)cc1/C=N/NC(=O)c1ccc(OCc2ccccc2)cc1. The highest BCUT2D eigenvalue weighted by atomic mass is 16.5. The first-order chi connectivity index (χ1) is 14.7. The van der Waals surface area contributed by atoms with E-state index in [1.165, 1.54) is 6.21 Å². The van der Waals surface area contributed by atoms with E-state index in [9.17, 15) is 4.79 Å². The van der Waals surface area contributed by atoms with Crippen molar-refractivity contribution < 1.29 is 19.0 Å². The van der Waals surface area contributed by atoms with Gasteiger partial charge in [-0.15, -0.1) is 0 Å². The van der Waals surface area contributed by atoms with Gasteiger partial charge in [-0.3, -0.25) is 4.79 Å². The van der Waals surface area contributed by atoms with Crippen LogP contribution in [0.1, 0.15) is 28.4 Å². The van der Waals surface area contributed by atoms with Crippen LogP contribution in [0.15, 0.2) is 77.9 Å². The second-order valence-electron chi connectivity index (χ2n) is 6.33. The monoisotopic (exact) mass is 404 g/mol. The first-order valence-corrected chi connectivity index (χ1v) is 9.60. The number of methoxy groups -OCH3 is 1. The minimum atomic E-state index is -0.318. The molecular weight excluding hydrogens is 380 g/mol. The molecule has 0 heterocycles. The van der Waals surface area contributed by atoms with Gasteiger partial charge >= 0.3 is 0 Å². The average molecular weight is 404 g/mol. The molecular formula is C24H24N2O4. The molecule has 0 atom stereocenters. The van der Waals surface area contributed by atoms with E-state index in [4.69, 9.17) is 14.2 Å². The molecule has 1 amide bonds. The molecule has 154 valence electrons. The van der Waals surface area contributed by atoms with Crippen LogP contribution < -0.4 is 19.6 Å². The number of rotatable bonds is 9. The highest BCUT2D eigenvalue weighted by Crippen LogP contribution is 2.22. The molecule has 0 bridgehead atoms. The molecule has 0 aromatic heterocycles. The summed E-state index contributed by atoms with van der Waals surface area (Å²) in [6.45, 7) is 2.90. The summed E-state index contributed by atoms with van der Waals surface area (Å²) in [6.07, 6.45) is 1.53. The highest BCUT2D eigenvalue weighted by molar-refractivity contribution is 5.95. The zero-order valence-corrected chi connectivity index (χ0v) is 17.0. The minimum Gasteiger partial charge on any atom is -0.497 e. The normalized spacial score (nSPS) is 10.6. The topological polar surface area (TPSA) is 69.2 Å². The van der Waals surface area contributed by atoms with Gasteiger partial charge in [0, 0.05) is 11.1 Å². The quantitative estimate of drug-likeness (QED) is 0.423. The summed E-state index contributed by atoms with van der Waals surface area (Å²) in [5, 5.41) is 4.04. The van der Waals surface area contributed by atoms with Gasteiger partial charge in [0.15, 0.2) is 0 Å². The minimum absolute atomic E-state index is 0.318. The Morgan fingerprint density at radius 2 is 1.70 bits per heavy atom. The van der Waals surface area contributed by atoms with Gasteiger partial charge in [-0.1, -0.05) is 30.3 Å². The maximum atomic E-state index is 12.3. The average Bonchev–Trinajstić information content (AvgIpc) is 2.79. The summed E-state index contributed by atoms with van der Waals surface area (Å²) < 4.78 is 16.5. The Morgan fingerprint density at radius 3 is 2.40 bits per heavy atom. The molecule has 6 nitrogen and oxygen atoms in total. The van der Waals surface area contributed by atoms with Gasteiger partial charge in [-0.05, 0) is 55.0 Å². The Labute approximate surface area is 176 Å². The summed E-state index contributed by atoms with van der Waals surface area (Å²) in [4.78, 5) is 12.3. The summed E-state index contributed by atoms with van der Waals surface area (Å²) >= 11 is 0. The predicted octanol–water partition coefficient (Wildman–Crippen LogP) is 4.44. The van der Waals surface area contributed by atoms with E-state index in [1.807, 2.05) is 43.3 Å². The van der Waals surface area contributed by atoms with E-state index in [0.717, 1.165) is 5.56 Å². The molecule has 0 aliphatic rings. The first-order valence-electron chi connectivity index (χ1n) is 9.60. The first kappa shape index (κ1) is 20.9. The molecule has 3 aromatic rings. The van der Waals surface area contributed by atoms with Crippen molar-refractivity contribution in [1.29, 1.82) is 0 Å². The van der Waals surface area contributed by atoms with Crippen LogP contribution in [-0.4, -0.2) is 25.8 Å². The maximum absolute atomic E-state index is 12.3. The van der Waals surface area contributed by atoms with Crippen LogP contribution in [0.2, 0.25) is 0 Å². The standard InChI is InChI=1S/C24H24N2O4/c1-3-29-23-14-13-22(28-2)15-20(23)16-25-26-24(27)19-9-11-21(12-10-19)30-17-18-7-5-4-6-8-18/h4-16H,3,17H2,1-2H3,(H,26,27)/b25-16+. The Hall–Kier alpha value is -3.80. The maximum Gasteiger partial charge on any atom is 0.271 e. The molecule has 3 rings (SSSR count). The van der Waals surface area contributed by atoms with Gasteiger partial charge in [-0.25, -0.2) is 5.43 Å². The van der Waals surface area contributed by atoms with Crippen molar-refractivity contribution in [3.63, 3.8) is 0 Å². The fourth-order valence-electron chi connectivity index (χ4n) is 2.71. The van der Waals surface area contributed by atoms with Gasteiger partial charge in [0.25, 0.3) is 5.91 Å². The van der Waals surface area contributed by atoms with E-state index in [-0.39, 0.29) is 5.91 Å². The molecule has 0 aliphatic heterocycles. The Bertz CT molecular complexity index is 986. The highest BCUT2D eigenvalue weighted by Gasteiger charge is 2.06. The van der Waals surface area contributed by atoms with Crippen molar-refractivity contribution in [2.75, 3.05) is 13.7 Å². The lowest BCUT2D eigenvalue weighted by Crippen LogP contribution is -2.17. The van der Waals surface area contributed by atoms with Crippen LogP contribution in [0.25, 0.3) is 0 Å². The Morgan fingerprint density at radius 1 is 0.967 bits per heavy atom. The van der Waals surface area contributed by atoms with Gasteiger partial charge in [0.1, 0.15) is 23.9 Å². The van der Waals surface area contributed by atoms with E-state index < -0.39 is 0 Å². The van der Waals surface area contributed by atoms with Gasteiger partial charge < -0.3 is 14.2 Å². The van der Waals surface area contributed by atoms with E-state index in [1.54, 1.807) is 43.5 Å². The van der Waals surface area contributed by atoms with E-state index in [0.29, 0.717) is 41.6 Å². The molecule has 0 aliphatic carbocycles. The molecule has 0 saturated carbocycles. The van der Waals surface area contributed by atoms with Crippen molar-refractivity contribution in [1.82, 2.24) is 5.43 Å². The molecule has 1 N–H and O–H groups in total. The van der Waals surface area contributed by atoms with E-state index in [2.05, 4.69) is 10.5 Å². The third kappa shape index (κ3) is 5.85. The molecule has 0 spiro atoms. The third-order valence-corrected chi connectivity index (χ3v) is 4.25. The van der Waals surface area contributed by atoms with Crippen LogP contribution in [-0.2, 0) is 6.61 Å². The summed E-state index contributed by atoms with van der Waals surface area (Å²) in [7, 11) is 1.59. The number of benzene rings is 3. The molecule has 3 aromatic carbocycles. The molecule has 6 heteroatoms. The Kier molecular flexibility index (Phi) is 7.44. The van der Waals surface area contributed by atoms with Crippen LogP contribution in [0.3, 0.4) is 0 Å². The number of nitrogens with one attached hydrogen (secondary N) is 1. The van der Waals surface area contributed by atoms with Crippen LogP contribution >= 0.6 is 0 Å². The van der Waals surface area contributed by atoms with E-state index >= 15 is 0 Å². The number of hydrazone groups is 1. The Balaban J connectivity index is 1.58. The summed E-state index contributed by atoms with van der Waals surface area (Å²) in [5.74, 6) is 1.71. The molecule has 0 saturated heterocycles. The number of hydrogen-bond acceptors (Lipinski definition) is 5. The summed E-state index contributed by atoms with van der Waals surface area (Å²) in [6, 6.07) is 22.2. The van der Waals surface area contributed by atoms with Gasteiger partial charge in [0.2, 0.25) is 0 Å². The number of hydrogen-bond donors (Lipinski definition) is 1. The number of amides is 1. The van der Waals surface area contributed by atoms with Crippen molar-refractivity contribution >= 4 is 12.1 Å². The zero-order chi connectivity index (χ0) is 21.2. The molecule has 0 unspecified atom stereocenters. The number of carbonyl (C=O) groups is 1.